The van der Waals surface area contributed by atoms with E-state index in [-0.39, 0.29) is 23.2 Å². The highest BCUT2D eigenvalue weighted by Crippen LogP contribution is 2.52. The minimum absolute atomic E-state index is 0.0167. The summed E-state index contributed by atoms with van der Waals surface area (Å²) in [6.07, 6.45) is 9.01. The van der Waals surface area contributed by atoms with Gasteiger partial charge >= 0.3 is 0 Å². The van der Waals surface area contributed by atoms with Crippen LogP contribution in [0.2, 0.25) is 0 Å². The number of amides is 2. The van der Waals surface area contributed by atoms with E-state index in [0.29, 0.717) is 17.5 Å². The molecule has 6 rings (SSSR count). The van der Waals surface area contributed by atoms with Gasteiger partial charge in [0, 0.05) is 58.6 Å². The molecule has 2 aliphatic rings. The third kappa shape index (κ3) is 6.55. The van der Waals surface area contributed by atoms with Crippen molar-refractivity contribution < 1.29 is 19.4 Å². The number of rotatable bonds is 7. The van der Waals surface area contributed by atoms with Gasteiger partial charge in [0.1, 0.15) is 0 Å². The minimum Gasteiger partial charge on any atom is -0.303 e. The molecular weight excluding hydrogens is 656 g/mol. The van der Waals surface area contributed by atoms with Crippen LogP contribution in [0.15, 0.2) is 109 Å². The second-order valence-corrected chi connectivity index (χ2v) is 14.8. The molecule has 2 amide bonds. The predicted molar refractivity (Wildman–Crippen MR) is 205 cm³/mol. The van der Waals surface area contributed by atoms with Crippen LogP contribution in [0.1, 0.15) is 75.8 Å². The predicted octanol–water partition coefficient (Wildman–Crippen LogP) is 9.28. The van der Waals surface area contributed by atoms with E-state index < -0.39 is 26.3 Å². The molecule has 0 saturated heterocycles. The van der Waals surface area contributed by atoms with Crippen LogP contribution in [0.25, 0.3) is 17.7 Å². The lowest BCUT2D eigenvalue weighted by Gasteiger charge is -2.51. The Morgan fingerprint density at radius 3 is 1.75 bits per heavy atom. The van der Waals surface area contributed by atoms with E-state index in [9.17, 15) is 29.8 Å². The van der Waals surface area contributed by atoms with Gasteiger partial charge in [-0.25, -0.2) is 0 Å². The van der Waals surface area contributed by atoms with Crippen LogP contribution >= 0.6 is 0 Å². The first-order chi connectivity index (χ1) is 24.5. The number of anilines is 2. The molecule has 0 aromatic heterocycles. The fraction of sp³-hybridized carbons (Fsp3) is 0.238. The van der Waals surface area contributed by atoms with Crippen molar-refractivity contribution in [1.82, 2.24) is 0 Å². The van der Waals surface area contributed by atoms with Crippen molar-refractivity contribution in [2.45, 2.75) is 64.5 Å². The Bertz CT molecular complexity index is 2200. The monoisotopic (exact) mass is 696 g/mol. The zero-order valence-electron chi connectivity index (χ0n) is 30.0. The van der Waals surface area contributed by atoms with Crippen molar-refractivity contribution in [3.63, 3.8) is 0 Å². The molecule has 0 fully saturated rings. The molecule has 10 nitrogen and oxygen atoms in total. The van der Waals surface area contributed by atoms with Gasteiger partial charge in [0.15, 0.2) is 0 Å². The molecule has 2 aliphatic heterocycles. The minimum atomic E-state index is -0.656. The highest BCUT2D eigenvalue weighted by molar-refractivity contribution is 6.08. The van der Waals surface area contributed by atoms with Crippen molar-refractivity contribution >= 4 is 52.3 Å². The van der Waals surface area contributed by atoms with E-state index in [4.69, 9.17) is 0 Å². The molecule has 0 bridgehead atoms. The summed E-state index contributed by atoms with van der Waals surface area (Å²) in [5.74, 6) is -0.431. The van der Waals surface area contributed by atoms with Crippen LogP contribution in [-0.2, 0) is 15.0 Å². The summed E-state index contributed by atoms with van der Waals surface area (Å²) in [6.45, 7) is 12.3. The number of carbonyl (C=O) groups is 2. The summed E-state index contributed by atoms with van der Waals surface area (Å²) >= 11 is 0. The summed E-state index contributed by atoms with van der Waals surface area (Å²) in [5, 5.41) is 22.2. The van der Waals surface area contributed by atoms with Gasteiger partial charge in [-0.2, -0.15) is 0 Å². The van der Waals surface area contributed by atoms with Crippen LogP contribution in [0.3, 0.4) is 0 Å². The molecule has 0 spiro atoms. The summed E-state index contributed by atoms with van der Waals surface area (Å²) < 4.78 is 0. The van der Waals surface area contributed by atoms with Gasteiger partial charge in [0.05, 0.1) is 21.1 Å². The first kappa shape index (κ1) is 35.7. The van der Waals surface area contributed by atoms with Crippen molar-refractivity contribution in [2.75, 3.05) is 9.80 Å². The van der Waals surface area contributed by atoms with Crippen molar-refractivity contribution in [2.24, 2.45) is 0 Å². The summed E-state index contributed by atoms with van der Waals surface area (Å²) in [6, 6.07) is 26.3. The maximum atomic E-state index is 14.1. The zero-order valence-corrected chi connectivity index (χ0v) is 30.0. The third-order valence-electron chi connectivity index (χ3n) is 10.1. The smallest absolute Gasteiger partial charge is 0.269 e. The molecule has 0 radical (unpaired) electrons. The molecule has 52 heavy (non-hydrogen) atoms. The number of nitro groups is 2. The van der Waals surface area contributed by atoms with Crippen LogP contribution in [0.5, 0.6) is 0 Å². The van der Waals surface area contributed by atoms with E-state index in [2.05, 4.69) is 37.3 Å². The number of carbonyl (C=O) groups excluding carboxylic acids is 2. The number of allylic oxidation sites excluding steroid dienone is 1. The lowest BCUT2D eigenvalue weighted by Crippen LogP contribution is -2.55. The van der Waals surface area contributed by atoms with E-state index in [0.717, 1.165) is 33.6 Å². The van der Waals surface area contributed by atoms with Gasteiger partial charge in [0.2, 0.25) is 0 Å². The van der Waals surface area contributed by atoms with Gasteiger partial charge in [-0.1, -0.05) is 43.3 Å². The largest absolute Gasteiger partial charge is 0.303 e. The number of fused-ring (bicyclic) bond motifs is 2. The van der Waals surface area contributed by atoms with E-state index in [1.165, 1.54) is 36.4 Å². The Balaban J connectivity index is 1.37. The number of nitro benzene ring substituents is 2. The molecule has 2 heterocycles. The molecule has 0 unspecified atom stereocenters. The van der Waals surface area contributed by atoms with E-state index >= 15 is 0 Å². The topological polar surface area (TPSA) is 127 Å². The fourth-order valence-corrected chi connectivity index (χ4v) is 7.85. The van der Waals surface area contributed by atoms with Crippen molar-refractivity contribution in [3.8, 4) is 0 Å². The number of benzene rings is 4. The number of nitrogens with zero attached hydrogens (tertiary/aromatic N) is 4. The summed E-state index contributed by atoms with van der Waals surface area (Å²) in [5.41, 5.74) is 5.02. The molecule has 0 aliphatic carbocycles. The van der Waals surface area contributed by atoms with Gasteiger partial charge in [-0.15, -0.1) is 0 Å². The van der Waals surface area contributed by atoms with E-state index in [1.54, 1.807) is 41.3 Å². The first-order valence-corrected chi connectivity index (χ1v) is 17.0. The Morgan fingerprint density at radius 1 is 0.692 bits per heavy atom. The fourth-order valence-electron chi connectivity index (χ4n) is 7.85. The molecule has 10 heteroatoms. The summed E-state index contributed by atoms with van der Waals surface area (Å²) in [4.78, 5) is 52.9. The Labute approximate surface area is 302 Å². The van der Waals surface area contributed by atoms with Crippen molar-refractivity contribution in [1.29, 1.82) is 0 Å². The van der Waals surface area contributed by atoms with Crippen molar-refractivity contribution in [3.05, 3.63) is 157 Å². The highest BCUT2D eigenvalue weighted by atomic mass is 16.6. The highest BCUT2D eigenvalue weighted by Gasteiger charge is 2.48. The Morgan fingerprint density at radius 2 is 1.21 bits per heavy atom. The molecule has 264 valence electrons. The third-order valence-corrected chi connectivity index (χ3v) is 10.1. The zero-order chi connectivity index (χ0) is 37.6. The average Bonchev–Trinajstić information content (AvgIpc) is 3.09. The Kier molecular flexibility index (Phi) is 9.04. The molecule has 4 aromatic rings. The molecule has 4 aromatic carbocycles. The molecule has 0 N–H and O–H groups in total. The van der Waals surface area contributed by atoms with Gasteiger partial charge in [-0.05, 0) is 117 Å². The van der Waals surface area contributed by atoms with E-state index in [1.807, 2.05) is 57.7 Å². The standard InChI is InChI=1S/C42H40N4O6/c1-28-26-40(2,3)44(39(48)24-16-30-13-20-33(21-14-30)46(51)52)37-25-31(17-22-34(28)37)42(6)27-41(4,5)43(36-10-8-7-9-35(36)42)38(47)23-15-29-11-18-32(19-12-29)45(49)50/h7-26H,27H2,1-6H3/b23-15-,24-16-/t42-/m0/s1. The lowest BCUT2D eigenvalue weighted by atomic mass is 9.65. The average molecular weight is 697 g/mol. The second kappa shape index (κ2) is 13.2. The Hall–Kier alpha value is -6.16. The van der Waals surface area contributed by atoms with Gasteiger partial charge in [0.25, 0.3) is 23.2 Å². The number of hydrogen-bond donors (Lipinski definition) is 0. The SMILES string of the molecule is CC1=CC(C)(C)N(C(=O)/C=C\c2ccc([N+](=O)[O-])cc2)c2cc([C@]3(C)CC(C)(C)N(C(=O)/C=C\c4ccc([N+](=O)[O-])cc4)c4ccccc43)ccc21. The second-order valence-electron chi connectivity index (χ2n) is 14.8. The van der Waals surface area contributed by atoms with Crippen LogP contribution in [0.4, 0.5) is 22.7 Å². The number of non-ortho nitro benzene ring substituents is 2. The van der Waals surface area contributed by atoms with Crippen LogP contribution in [-0.4, -0.2) is 32.7 Å². The molecule has 0 saturated carbocycles. The molecule has 1 atom stereocenters. The number of hydrogen-bond acceptors (Lipinski definition) is 6. The first-order valence-electron chi connectivity index (χ1n) is 17.0. The van der Waals surface area contributed by atoms with Crippen LogP contribution in [0, 0.1) is 20.2 Å². The van der Waals surface area contributed by atoms with Gasteiger partial charge < -0.3 is 4.90 Å². The quantitative estimate of drug-likeness (QED) is 0.108. The normalized spacial score (nSPS) is 18.8. The van der Waals surface area contributed by atoms with Crippen LogP contribution < -0.4 is 9.80 Å². The summed E-state index contributed by atoms with van der Waals surface area (Å²) in [7, 11) is 0. The maximum absolute atomic E-state index is 14.1. The maximum Gasteiger partial charge on any atom is 0.269 e. The van der Waals surface area contributed by atoms with Gasteiger partial charge in [-0.3, -0.25) is 34.7 Å². The molecular formula is C42H40N4O6. The lowest BCUT2D eigenvalue weighted by molar-refractivity contribution is -0.385. The number of para-hydroxylation sites is 1.